The first kappa shape index (κ1) is 9.13. The van der Waals surface area contributed by atoms with Gasteiger partial charge < -0.3 is 5.84 Å². The Labute approximate surface area is 76.9 Å². The molecule has 64 valence electrons. The zero-order valence-electron chi connectivity index (χ0n) is 7.24. The minimum Gasteiger partial charge on any atom is -0.323 e. The predicted octanol–water partition coefficient (Wildman–Crippen LogP) is 2.09. The summed E-state index contributed by atoms with van der Waals surface area (Å²) in [4.78, 5) is 1.21. The van der Waals surface area contributed by atoms with Gasteiger partial charge in [0.15, 0.2) is 0 Å². The molecular weight excluding hydrogens is 168 g/mol. The number of hydrazone groups is 1. The molecule has 1 rings (SSSR count). The van der Waals surface area contributed by atoms with Gasteiger partial charge in [0.2, 0.25) is 0 Å². The molecule has 0 aliphatic heterocycles. The Morgan fingerprint density at radius 1 is 1.42 bits per heavy atom. The zero-order chi connectivity index (χ0) is 8.97. The quantitative estimate of drug-likeness (QED) is 0.327. The fourth-order valence-electron chi connectivity index (χ4n) is 1.01. The van der Waals surface area contributed by atoms with Gasteiger partial charge in [-0.25, -0.2) is 0 Å². The van der Waals surface area contributed by atoms with E-state index in [-0.39, 0.29) is 0 Å². The predicted molar refractivity (Wildman–Crippen MR) is 54.6 cm³/mol. The van der Waals surface area contributed by atoms with Crippen molar-refractivity contribution in [1.82, 2.24) is 0 Å². The Bertz CT molecular complexity index is 294. The first-order valence-electron chi connectivity index (χ1n) is 3.67. The second kappa shape index (κ2) is 4.16. The van der Waals surface area contributed by atoms with Gasteiger partial charge in [-0.05, 0) is 19.2 Å². The van der Waals surface area contributed by atoms with Gasteiger partial charge >= 0.3 is 0 Å². The third-order valence-electron chi connectivity index (χ3n) is 1.69. The lowest BCUT2D eigenvalue weighted by Gasteiger charge is -2.04. The molecule has 0 atom stereocenters. The molecule has 0 spiro atoms. The van der Waals surface area contributed by atoms with Gasteiger partial charge in [0, 0.05) is 10.5 Å². The molecule has 0 fully saturated rings. The van der Waals surface area contributed by atoms with Crippen molar-refractivity contribution in [2.75, 3.05) is 6.26 Å². The second-order valence-electron chi connectivity index (χ2n) is 2.41. The number of thioether (sulfide) groups is 1. The van der Waals surface area contributed by atoms with Crippen molar-refractivity contribution in [2.24, 2.45) is 10.9 Å². The molecule has 0 aliphatic rings. The third kappa shape index (κ3) is 1.80. The molecule has 0 aromatic heterocycles. The molecule has 0 amide bonds. The van der Waals surface area contributed by atoms with Crippen LogP contribution in [0.5, 0.6) is 0 Å². The van der Waals surface area contributed by atoms with Gasteiger partial charge in [-0.2, -0.15) is 5.10 Å². The standard InChI is InChI=1S/C9H12N2S/c1-7(11-10)8-5-3-4-6-9(8)12-2/h3-6H,10H2,1-2H3/b11-7+. The van der Waals surface area contributed by atoms with E-state index in [1.165, 1.54) is 4.90 Å². The maximum atomic E-state index is 5.21. The SMILES string of the molecule is CSc1ccccc1/C(C)=N/N. The first-order valence-corrected chi connectivity index (χ1v) is 4.90. The van der Waals surface area contributed by atoms with Crippen molar-refractivity contribution in [2.45, 2.75) is 11.8 Å². The zero-order valence-corrected chi connectivity index (χ0v) is 8.06. The van der Waals surface area contributed by atoms with Crippen LogP contribution in [-0.2, 0) is 0 Å². The highest BCUT2D eigenvalue weighted by molar-refractivity contribution is 7.98. The van der Waals surface area contributed by atoms with Gasteiger partial charge in [0.1, 0.15) is 0 Å². The van der Waals surface area contributed by atoms with E-state index < -0.39 is 0 Å². The van der Waals surface area contributed by atoms with Crippen LogP contribution in [0.25, 0.3) is 0 Å². The van der Waals surface area contributed by atoms with Gasteiger partial charge in [-0.3, -0.25) is 0 Å². The van der Waals surface area contributed by atoms with Crippen LogP contribution in [-0.4, -0.2) is 12.0 Å². The summed E-state index contributed by atoms with van der Waals surface area (Å²) in [7, 11) is 0. The molecular formula is C9H12N2S. The van der Waals surface area contributed by atoms with Crippen molar-refractivity contribution in [1.29, 1.82) is 0 Å². The van der Waals surface area contributed by atoms with E-state index in [9.17, 15) is 0 Å². The monoisotopic (exact) mass is 180 g/mol. The van der Waals surface area contributed by atoms with Crippen molar-refractivity contribution in [3.8, 4) is 0 Å². The first-order chi connectivity index (χ1) is 5.79. The average Bonchev–Trinajstić information content (AvgIpc) is 2.16. The second-order valence-corrected chi connectivity index (χ2v) is 3.26. The topological polar surface area (TPSA) is 38.4 Å². The molecule has 0 aliphatic carbocycles. The molecule has 0 radical (unpaired) electrons. The molecule has 2 nitrogen and oxygen atoms in total. The molecule has 0 unspecified atom stereocenters. The number of nitrogens with two attached hydrogens (primary N) is 1. The molecule has 1 aromatic carbocycles. The fourth-order valence-corrected chi connectivity index (χ4v) is 1.66. The Morgan fingerprint density at radius 2 is 2.08 bits per heavy atom. The smallest absolute Gasteiger partial charge is 0.0653 e. The summed E-state index contributed by atoms with van der Waals surface area (Å²) < 4.78 is 0. The molecule has 0 saturated carbocycles. The summed E-state index contributed by atoms with van der Waals surface area (Å²) in [5.41, 5.74) is 1.99. The van der Waals surface area contributed by atoms with Crippen LogP contribution in [0.3, 0.4) is 0 Å². The summed E-state index contributed by atoms with van der Waals surface area (Å²) in [6.45, 7) is 1.91. The molecule has 0 saturated heterocycles. The van der Waals surface area contributed by atoms with Crippen LogP contribution in [0, 0.1) is 0 Å². The molecule has 0 heterocycles. The van der Waals surface area contributed by atoms with Crippen molar-refractivity contribution in [3.63, 3.8) is 0 Å². The minimum absolute atomic E-state index is 0.875. The molecule has 1 aromatic rings. The van der Waals surface area contributed by atoms with E-state index in [1.807, 2.05) is 31.4 Å². The van der Waals surface area contributed by atoms with Crippen molar-refractivity contribution in [3.05, 3.63) is 29.8 Å². The number of rotatable bonds is 2. The van der Waals surface area contributed by atoms with Crippen molar-refractivity contribution < 1.29 is 0 Å². The highest BCUT2D eigenvalue weighted by Gasteiger charge is 2.01. The lowest BCUT2D eigenvalue weighted by molar-refractivity contribution is 1.23. The van der Waals surface area contributed by atoms with Crippen LogP contribution < -0.4 is 5.84 Å². The molecule has 12 heavy (non-hydrogen) atoms. The molecule has 3 heteroatoms. The Hall–Kier alpha value is -0.960. The van der Waals surface area contributed by atoms with Crippen LogP contribution in [0.1, 0.15) is 12.5 Å². The van der Waals surface area contributed by atoms with Gasteiger partial charge in [-0.15, -0.1) is 11.8 Å². The Balaban J connectivity index is 3.13. The fraction of sp³-hybridized carbons (Fsp3) is 0.222. The summed E-state index contributed by atoms with van der Waals surface area (Å²) in [6.07, 6.45) is 2.04. The lowest BCUT2D eigenvalue weighted by atomic mass is 10.1. The van der Waals surface area contributed by atoms with Gasteiger partial charge in [0.05, 0.1) is 5.71 Å². The van der Waals surface area contributed by atoms with E-state index >= 15 is 0 Å². The molecule has 0 bridgehead atoms. The Morgan fingerprint density at radius 3 is 2.67 bits per heavy atom. The number of hydrogen-bond acceptors (Lipinski definition) is 3. The summed E-state index contributed by atoms with van der Waals surface area (Å²) in [5.74, 6) is 5.21. The van der Waals surface area contributed by atoms with Crippen LogP contribution in [0.2, 0.25) is 0 Å². The summed E-state index contributed by atoms with van der Waals surface area (Å²) >= 11 is 1.70. The minimum atomic E-state index is 0.875. The lowest BCUT2D eigenvalue weighted by Crippen LogP contribution is -2.00. The van der Waals surface area contributed by atoms with E-state index in [4.69, 9.17) is 5.84 Å². The maximum absolute atomic E-state index is 5.21. The number of nitrogens with zero attached hydrogens (tertiary/aromatic N) is 1. The normalized spacial score (nSPS) is 11.7. The largest absolute Gasteiger partial charge is 0.323 e. The van der Waals surface area contributed by atoms with Gasteiger partial charge in [-0.1, -0.05) is 18.2 Å². The Kier molecular flexibility index (Phi) is 3.17. The van der Waals surface area contributed by atoms with Gasteiger partial charge in [0.25, 0.3) is 0 Å². The highest BCUT2D eigenvalue weighted by atomic mass is 32.2. The average molecular weight is 180 g/mol. The van der Waals surface area contributed by atoms with Crippen LogP contribution in [0.15, 0.2) is 34.3 Å². The summed E-state index contributed by atoms with van der Waals surface area (Å²) in [5, 5.41) is 3.67. The van der Waals surface area contributed by atoms with Crippen molar-refractivity contribution >= 4 is 17.5 Å². The third-order valence-corrected chi connectivity index (χ3v) is 2.49. The highest BCUT2D eigenvalue weighted by Crippen LogP contribution is 2.19. The molecule has 2 N–H and O–H groups in total. The van der Waals surface area contributed by atoms with E-state index in [0.29, 0.717) is 0 Å². The number of benzene rings is 1. The van der Waals surface area contributed by atoms with Crippen LogP contribution in [0.4, 0.5) is 0 Å². The number of hydrogen-bond donors (Lipinski definition) is 1. The van der Waals surface area contributed by atoms with Crippen LogP contribution >= 0.6 is 11.8 Å². The van der Waals surface area contributed by atoms with E-state index in [2.05, 4.69) is 11.2 Å². The van der Waals surface area contributed by atoms with E-state index in [1.54, 1.807) is 11.8 Å². The maximum Gasteiger partial charge on any atom is 0.0653 e. The summed E-state index contributed by atoms with van der Waals surface area (Å²) in [6, 6.07) is 8.09. The van der Waals surface area contributed by atoms with E-state index in [0.717, 1.165) is 11.3 Å².